The van der Waals surface area contributed by atoms with Gasteiger partial charge >= 0.3 is 0 Å². The number of hydrogen-bond acceptors (Lipinski definition) is 3. The number of pyridine rings is 1. The number of hydrogen-bond donors (Lipinski definition) is 1. The lowest BCUT2D eigenvalue weighted by Gasteiger charge is -2.21. The first kappa shape index (κ1) is 16.8. The van der Waals surface area contributed by atoms with Crippen LogP contribution in [0.25, 0.3) is 0 Å². The van der Waals surface area contributed by atoms with E-state index in [1.54, 1.807) is 18.2 Å². The summed E-state index contributed by atoms with van der Waals surface area (Å²) in [4.78, 5) is 18.4. The van der Waals surface area contributed by atoms with Crippen molar-refractivity contribution >= 4 is 24.1 Å². The van der Waals surface area contributed by atoms with Crippen LogP contribution in [0.5, 0.6) is 0 Å². The van der Waals surface area contributed by atoms with Crippen LogP contribution >= 0.6 is 12.4 Å². The number of anilines is 1. The van der Waals surface area contributed by atoms with Gasteiger partial charge in [0.25, 0.3) is 5.91 Å². The molecule has 0 saturated carbocycles. The molecule has 2 N–H and O–H groups in total. The van der Waals surface area contributed by atoms with E-state index in [9.17, 15) is 4.79 Å². The van der Waals surface area contributed by atoms with Crippen LogP contribution in [0.3, 0.4) is 0 Å². The molecule has 1 aliphatic heterocycles. The number of nitrogen functional groups attached to an aromatic ring is 1. The van der Waals surface area contributed by atoms with Crippen molar-refractivity contribution in [3.8, 4) is 0 Å². The summed E-state index contributed by atoms with van der Waals surface area (Å²) in [6.07, 6.45) is 3.38. The molecule has 2 heterocycles. The standard InChI is InChI=1S/C15H23N3O.ClH/c1-11(2)12-5-4-9-18(10-8-12)15(19)13-6-3-7-14(16)17-13;/h3,6-7,11-12H,4-5,8-10H2,1-2H3,(H2,16,17);1H. The minimum absolute atomic E-state index is 0. The third-order valence-corrected chi connectivity index (χ3v) is 3.99. The summed E-state index contributed by atoms with van der Waals surface area (Å²) in [5, 5.41) is 0. The summed E-state index contributed by atoms with van der Waals surface area (Å²) < 4.78 is 0. The Morgan fingerprint density at radius 2 is 2.10 bits per heavy atom. The Morgan fingerprint density at radius 3 is 2.75 bits per heavy atom. The molecule has 0 aliphatic carbocycles. The number of amides is 1. The van der Waals surface area contributed by atoms with Gasteiger partial charge in [0.2, 0.25) is 0 Å². The molecule has 5 heteroatoms. The Hall–Kier alpha value is -1.29. The zero-order valence-electron chi connectivity index (χ0n) is 12.2. The Bertz CT molecular complexity index is 450. The van der Waals surface area contributed by atoms with Crippen molar-refractivity contribution in [1.82, 2.24) is 9.88 Å². The molecule has 1 aromatic rings. The van der Waals surface area contributed by atoms with Gasteiger partial charge in [-0.2, -0.15) is 0 Å². The molecule has 1 aromatic heterocycles. The summed E-state index contributed by atoms with van der Waals surface area (Å²) >= 11 is 0. The van der Waals surface area contributed by atoms with Crippen LogP contribution in [-0.2, 0) is 0 Å². The highest BCUT2D eigenvalue weighted by Gasteiger charge is 2.23. The zero-order chi connectivity index (χ0) is 13.8. The Kier molecular flexibility index (Phi) is 6.27. The fourth-order valence-electron chi connectivity index (χ4n) is 2.72. The number of carbonyl (C=O) groups is 1. The molecule has 1 amide bonds. The lowest BCUT2D eigenvalue weighted by Crippen LogP contribution is -2.32. The predicted molar refractivity (Wildman–Crippen MR) is 84.0 cm³/mol. The van der Waals surface area contributed by atoms with E-state index in [0.29, 0.717) is 17.4 Å². The van der Waals surface area contributed by atoms with Crippen molar-refractivity contribution in [2.75, 3.05) is 18.8 Å². The molecular formula is C15H24ClN3O. The minimum atomic E-state index is 0. The van der Waals surface area contributed by atoms with Crippen LogP contribution in [0, 0.1) is 11.8 Å². The fourth-order valence-corrected chi connectivity index (χ4v) is 2.72. The van der Waals surface area contributed by atoms with Gasteiger partial charge in [-0.3, -0.25) is 4.79 Å². The maximum absolute atomic E-state index is 12.4. The molecule has 20 heavy (non-hydrogen) atoms. The van der Waals surface area contributed by atoms with Crippen molar-refractivity contribution in [2.24, 2.45) is 11.8 Å². The maximum atomic E-state index is 12.4. The minimum Gasteiger partial charge on any atom is -0.384 e. The van der Waals surface area contributed by atoms with Gasteiger partial charge in [0.1, 0.15) is 11.5 Å². The molecule has 4 nitrogen and oxygen atoms in total. The van der Waals surface area contributed by atoms with Gasteiger partial charge < -0.3 is 10.6 Å². The quantitative estimate of drug-likeness (QED) is 0.913. The third-order valence-electron chi connectivity index (χ3n) is 3.99. The van der Waals surface area contributed by atoms with Crippen LogP contribution in [0.4, 0.5) is 5.82 Å². The second-order valence-corrected chi connectivity index (χ2v) is 5.67. The van der Waals surface area contributed by atoms with E-state index < -0.39 is 0 Å². The van der Waals surface area contributed by atoms with Crippen molar-refractivity contribution < 1.29 is 4.79 Å². The summed E-state index contributed by atoms with van der Waals surface area (Å²) in [6, 6.07) is 5.22. The number of aromatic nitrogens is 1. The van der Waals surface area contributed by atoms with E-state index in [1.807, 2.05) is 4.90 Å². The average molecular weight is 298 g/mol. The van der Waals surface area contributed by atoms with Crippen LogP contribution in [0.15, 0.2) is 18.2 Å². The van der Waals surface area contributed by atoms with Gasteiger partial charge in [-0.15, -0.1) is 12.4 Å². The van der Waals surface area contributed by atoms with E-state index in [2.05, 4.69) is 18.8 Å². The van der Waals surface area contributed by atoms with Gasteiger partial charge in [-0.05, 0) is 43.2 Å². The fraction of sp³-hybridized carbons (Fsp3) is 0.600. The number of carbonyl (C=O) groups excluding carboxylic acids is 1. The number of rotatable bonds is 2. The Morgan fingerprint density at radius 1 is 1.35 bits per heavy atom. The Balaban J connectivity index is 0.00000200. The molecule has 1 unspecified atom stereocenters. The molecule has 0 radical (unpaired) electrons. The van der Waals surface area contributed by atoms with E-state index >= 15 is 0 Å². The highest BCUT2D eigenvalue weighted by Crippen LogP contribution is 2.25. The van der Waals surface area contributed by atoms with E-state index in [1.165, 1.54) is 6.42 Å². The largest absolute Gasteiger partial charge is 0.384 e. The van der Waals surface area contributed by atoms with Crippen molar-refractivity contribution in [2.45, 2.75) is 33.1 Å². The predicted octanol–water partition coefficient (Wildman–Crippen LogP) is 2.98. The van der Waals surface area contributed by atoms with Gasteiger partial charge in [0.15, 0.2) is 0 Å². The average Bonchev–Trinajstić information content (AvgIpc) is 2.63. The number of nitrogens with two attached hydrogens (primary N) is 1. The van der Waals surface area contributed by atoms with Crippen LogP contribution in [-0.4, -0.2) is 28.9 Å². The first-order chi connectivity index (χ1) is 9.08. The highest BCUT2D eigenvalue weighted by molar-refractivity contribution is 5.92. The lowest BCUT2D eigenvalue weighted by atomic mass is 9.89. The molecule has 0 spiro atoms. The molecule has 0 aromatic carbocycles. The van der Waals surface area contributed by atoms with E-state index in [4.69, 9.17) is 5.73 Å². The SMILES string of the molecule is CC(C)C1CCCN(C(=O)c2cccc(N)n2)CC1.Cl. The van der Waals surface area contributed by atoms with E-state index in [-0.39, 0.29) is 18.3 Å². The van der Waals surface area contributed by atoms with Crippen molar-refractivity contribution in [1.29, 1.82) is 0 Å². The van der Waals surface area contributed by atoms with Crippen molar-refractivity contribution in [3.63, 3.8) is 0 Å². The first-order valence-electron chi connectivity index (χ1n) is 7.09. The van der Waals surface area contributed by atoms with Gasteiger partial charge in [-0.1, -0.05) is 19.9 Å². The van der Waals surface area contributed by atoms with Crippen LogP contribution in [0.1, 0.15) is 43.6 Å². The molecule has 2 rings (SSSR count). The lowest BCUT2D eigenvalue weighted by molar-refractivity contribution is 0.0753. The van der Waals surface area contributed by atoms with Crippen LogP contribution < -0.4 is 5.73 Å². The molecule has 1 aliphatic rings. The highest BCUT2D eigenvalue weighted by atomic mass is 35.5. The summed E-state index contributed by atoms with van der Waals surface area (Å²) in [5.74, 6) is 1.84. The molecular weight excluding hydrogens is 274 g/mol. The molecule has 1 fully saturated rings. The van der Waals surface area contributed by atoms with Gasteiger partial charge in [0, 0.05) is 13.1 Å². The monoisotopic (exact) mass is 297 g/mol. The molecule has 1 atom stereocenters. The number of halogens is 1. The van der Waals surface area contributed by atoms with E-state index in [0.717, 1.165) is 31.8 Å². The number of nitrogens with zero attached hydrogens (tertiary/aromatic N) is 2. The molecule has 112 valence electrons. The zero-order valence-corrected chi connectivity index (χ0v) is 13.0. The summed E-state index contributed by atoms with van der Waals surface area (Å²) in [5.41, 5.74) is 6.10. The topological polar surface area (TPSA) is 59.2 Å². The smallest absolute Gasteiger partial charge is 0.272 e. The summed E-state index contributed by atoms with van der Waals surface area (Å²) in [6.45, 7) is 6.19. The Labute approximate surface area is 127 Å². The first-order valence-corrected chi connectivity index (χ1v) is 7.09. The van der Waals surface area contributed by atoms with Gasteiger partial charge in [0.05, 0.1) is 0 Å². The third kappa shape index (κ3) is 4.10. The molecule has 1 saturated heterocycles. The second kappa shape index (κ2) is 7.48. The van der Waals surface area contributed by atoms with Crippen LogP contribution in [0.2, 0.25) is 0 Å². The normalized spacial score (nSPS) is 19.4. The van der Waals surface area contributed by atoms with Gasteiger partial charge in [-0.25, -0.2) is 4.98 Å². The number of likely N-dealkylation sites (tertiary alicyclic amines) is 1. The summed E-state index contributed by atoms with van der Waals surface area (Å²) in [7, 11) is 0. The maximum Gasteiger partial charge on any atom is 0.272 e. The molecule has 0 bridgehead atoms. The second-order valence-electron chi connectivity index (χ2n) is 5.67. The van der Waals surface area contributed by atoms with Crippen molar-refractivity contribution in [3.05, 3.63) is 23.9 Å².